The van der Waals surface area contributed by atoms with E-state index in [0.717, 1.165) is 17.0 Å². The number of carbonyl (C=O) groups excluding carboxylic acids is 1. The quantitative estimate of drug-likeness (QED) is 0.675. The third kappa shape index (κ3) is 3.90. The zero-order chi connectivity index (χ0) is 20.4. The van der Waals surface area contributed by atoms with Crippen LogP contribution in [0.3, 0.4) is 0 Å². The fourth-order valence-electron chi connectivity index (χ4n) is 3.00. The molecule has 0 unspecified atom stereocenters. The van der Waals surface area contributed by atoms with Crippen LogP contribution in [0.25, 0.3) is 5.82 Å². The number of benzene rings is 1. The number of nitrogens with one attached hydrogen (secondary N) is 1. The van der Waals surface area contributed by atoms with E-state index in [2.05, 4.69) is 10.5 Å². The van der Waals surface area contributed by atoms with Crippen molar-refractivity contribution in [1.82, 2.24) is 9.72 Å². The van der Waals surface area contributed by atoms with Crippen LogP contribution in [0, 0.1) is 27.7 Å². The summed E-state index contributed by atoms with van der Waals surface area (Å²) in [7, 11) is 0. The number of aliphatic carboxylic acids is 1. The lowest BCUT2D eigenvalue weighted by molar-refractivity contribution is -0.139. The molecule has 1 aromatic carbocycles. The van der Waals surface area contributed by atoms with Crippen LogP contribution in [0.1, 0.15) is 33.1 Å². The van der Waals surface area contributed by atoms with E-state index in [9.17, 15) is 9.59 Å². The molecule has 0 aliphatic rings. The lowest BCUT2D eigenvalue weighted by atomic mass is 10.1. The first-order valence-electron chi connectivity index (χ1n) is 8.65. The molecule has 3 rings (SSSR count). The maximum atomic E-state index is 12.8. The van der Waals surface area contributed by atoms with Gasteiger partial charge in [-0.3, -0.25) is 9.36 Å². The molecule has 0 saturated heterocycles. The average Bonchev–Trinajstić information content (AvgIpc) is 3.17. The molecule has 8 heteroatoms. The van der Waals surface area contributed by atoms with Crippen LogP contribution in [0.2, 0.25) is 0 Å². The minimum Gasteiger partial charge on any atom is -0.482 e. The number of carboxylic acid groups (broad SMARTS) is 1. The number of ether oxygens (including phenoxy) is 1. The van der Waals surface area contributed by atoms with Crippen LogP contribution in [0.5, 0.6) is 5.75 Å². The SMILES string of the molecule is Cc1cc(-n2c(C)cc(C(=O)Nc3ccc(OCC(=O)O)cc3C)c2C)no1. The van der Waals surface area contributed by atoms with Crippen molar-refractivity contribution in [3.05, 3.63) is 58.6 Å². The first-order valence-corrected chi connectivity index (χ1v) is 8.65. The lowest BCUT2D eigenvalue weighted by Crippen LogP contribution is -2.14. The third-order valence-electron chi connectivity index (χ3n) is 4.33. The van der Waals surface area contributed by atoms with Crippen LogP contribution >= 0.6 is 0 Å². The van der Waals surface area contributed by atoms with Crippen molar-refractivity contribution in [3.8, 4) is 11.6 Å². The van der Waals surface area contributed by atoms with E-state index in [1.54, 1.807) is 24.3 Å². The van der Waals surface area contributed by atoms with Gasteiger partial charge in [-0.25, -0.2) is 4.79 Å². The predicted molar refractivity (Wildman–Crippen MR) is 102 cm³/mol. The molecule has 3 aromatic rings. The second-order valence-electron chi connectivity index (χ2n) is 6.53. The number of carbonyl (C=O) groups is 2. The lowest BCUT2D eigenvalue weighted by Gasteiger charge is -2.11. The van der Waals surface area contributed by atoms with Crippen LogP contribution in [0.4, 0.5) is 5.69 Å². The van der Waals surface area contributed by atoms with E-state index in [4.69, 9.17) is 14.4 Å². The minimum absolute atomic E-state index is 0.248. The Hall–Kier alpha value is -3.55. The molecular weight excluding hydrogens is 362 g/mol. The molecular formula is C20H21N3O5. The largest absolute Gasteiger partial charge is 0.482 e. The summed E-state index contributed by atoms with van der Waals surface area (Å²) in [5, 5.41) is 15.6. The second kappa shape index (κ2) is 7.59. The number of hydrogen-bond donors (Lipinski definition) is 2. The molecule has 0 bridgehead atoms. The Labute approximate surface area is 161 Å². The third-order valence-corrected chi connectivity index (χ3v) is 4.33. The molecule has 2 heterocycles. The second-order valence-corrected chi connectivity index (χ2v) is 6.53. The van der Waals surface area contributed by atoms with Gasteiger partial charge >= 0.3 is 5.97 Å². The number of aromatic nitrogens is 2. The van der Waals surface area contributed by atoms with E-state index in [1.807, 2.05) is 38.3 Å². The maximum absolute atomic E-state index is 12.8. The van der Waals surface area contributed by atoms with Crippen molar-refractivity contribution in [2.75, 3.05) is 11.9 Å². The summed E-state index contributed by atoms with van der Waals surface area (Å²) in [4.78, 5) is 23.4. The number of aryl methyl sites for hydroxylation is 3. The summed E-state index contributed by atoms with van der Waals surface area (Å²) >= 11 is 0. The monoisotopic (exact) mass is 383 g/mol. The smallest absolute Gasteiger partial charge is 0.341 e. The van der Waals surface area contributed by atoms with Gasteiger partial charge in [-0.2, -0.15) is 0 Å². The molecule has 0 spiro atoms. The first kappa shape index (κ1) is 19.2. The Kier molecular flexibility index (Phi) is 5.21. The molecule has 8 nitrogen and oxygen atoms in total. The van der Waals surface area contributed by atoms with Gasteiger partial charge < -0.3 is 19.7 Å². The van der Waals surface area contributed by atoms with E-state index < -0.39 is 12.6 Å². The van der Waals surface area contributed by atoms with Crippen LogP contribution in [-0.2, 0) is 4.79 Å². The highest BCUT2D eigenvalue weighted by Gasteiger charge is 2.19. The molecule has 0 atom stereocenters. The van der Waals surface area contributed by atoms with Gasteiger partial charge in [-0.05, 0) is 57.5 Å². The number of hydrogen-bond acceptors (Lipinski definition) is 5. The molecule has 28 heavy (non-hydrogen) atoms. The summed E-state index contributed by atoms with van der Waals surface area (Å²) in [5.74, 6) is 0.448. The molecule has 0 radical (unpaired) electrons. The standard InChI is InChI=1S/C20H21N3O5/c1-11-7-15(27-10-19(24)25)5-6-17(11)21-20(26)16-8-12(2)23(14(16)4)18-9-13(3)28-22-18/h5-9H,10H2,1-4H3,(H,21,26)(H,24,25). The normalized spacial score (nSPS) is 10.7. The first-order chi connectivity index (χ1) is 13.3. The number of anilines is 1. The number of rotatable bonds is 6. The topological polar surface area (TPSA) is 107 Å². The van der Waals surface area contributed by atoms with Crippen LogP contribution in [0.15, 0.2) is 34.9 Å². The molecule has 0 saturated carbocycles. The average molecular weight is 383 g/mol. The van der Waals surface area contributed by atoms with Gasteiger partial charge in [-0.1, -0.05) is 5.16 Å². The Morgan fingerprint density at radius 3 is 2.54 bits per heavy atom. The zero-order valence-electron chi connectivity index (χ0n) is 16.1. The van der Waals surface area contributed by atoms with Crippen molar-refractivity contribution in [3.63, 3.8) is 0 Å². The van der Waals surface area contributed by atoms with Crippen molar-refractivity contribution in [1.29, 1.82) is 0 Å². The fraction of sp³-hybridized carbons (Fsp3) is 0.250. The molecule has 0 aliphatic carbocycles. The molecule has 146 valence electrons. The molecule has 1 amide bonds. The molecule has 0 aliphatic heterocycles. The Morgan fingerprint density at radius 1 is 1.18 bits per heavy atom. The van der Waals surface area contributed by atoms with E-state index >= 15 is 0 Å². The summed E-state index contributed by atoms with van der Waals surface area (Å²) in [5.41, 5.74) is 3.53. The highest BCUT2D eigenvalue weighted by atomic mass is 16.5. The van der Waals surface area contributed by atoms with Crippen molar-refractivity contribution < 1.29 is 24.0 Å². The highest BCUT2D eigenvalue weighted by Crippen LogP contribution is 2.25. The van der Waals surface area contributed by atoms with Gasteiger partial charge in [0.1, 0.15) is 11.5 Å². The Morgan fingerprint density at radius 2 is 1.93 bits per heavy atom. The van der Waals surface area contributed by atoms with Gasteiger partial charge in [0, 0.05) is 23.1 Å². The maximum Gasteiger partial charge on any atom is 0.341 e. The van der Waals surface area contributed by atoms with Gasteiger partial charge in [0.25, 0.3) is 5.91 Å². The van der Waals surface area contributed by atoms with Crippen molar-refractivity contribution in [2.45, 2.75) is 27.7 Å². The number of nitrogens with zero attached hydrogens (tertiary/aromatic N) is 2. The number of carboxylic acids is 1. The molecule has 0 fully saturated rings. The Balaban J connectivity index is 1.81. The van der Waals surface area contributed by atoms with Gasteiger partial charge in [0.2, 0.25) is 0 Å². The summed E-state index contributed by atoms with van der Waals surface area (Å²) in [6, 6.07) is 8.59. The van der Waals surface area contributed by atoms with E-state index in [-0.39, 0.29) is 5.91 Å². The Bertz CT molecular complexity index is 1050. The predicted octanol–water partition coefficient (Wildman–Crippen LogP) is 3.41. The fourth-order valence-corrected chi connectivity index (χ4v) is 3.00. The van der Waals surface area contributed by atoms with E-state index in [1.165, 1.54) is 0 Å². The highest BCUT2D eigenvalue weighted by molar-refractivity contribution is 6.05. The summed E-state index contributed by atoms with van der Waals surface area (Å²) < 4.78 is 12.1. The van der Waals surface area contributed by atoms with E-state index in [0.29, 0.717) is 28.6 Å². The van der Waals surface area contributed by atoms with Crippen molar-refractivity contribution >= 4 is 17.6 Å². The minimum atomic E-state index is -1.05. The summed E-state index contributed by atoms with van der Waals surface area (Å²) in [6.45, 7) is 6.95. The van der Waals surface area contributed by atoms with Crippen LogP contribution < -0.4 is 10.1 Å². The van der Waals surface area contributed by atoms with Gasteiger partial charge in [0.15, 0.2) is 12.4 Å². The van der Waals surface area contributed by atoms with Gasteiger partial charge in [0.05, 0.1) is 5.56 Å². The summed E-state index contributed by atoms with van der Waals surface area (Å²) in [6.07, 6.45) is 0. The van der Waals surface area contributed by atoms with Crippen molar-refractivity contribution in [2.24, 2.45) is 0 Å². The van der Waals surface area contributed by atoms with Crippen LogP contribution in [-0.4, -0.2) is 33.3 Å². The molecule has 2 aromatic heterocycles. The number of amides is 1. The van der Waals surface area contributed by atoms with Gasteiger partial charge in [-0.15, -0.1) is 0 Å². The zero-order valence-corrected chi connectivity index (χ0v) is 16.1. The molecule has 2 N–H and O–H groups in total.